The van der Waals surface area contributed by atoms with Crippen LogP contribution in [0.25, 0.3) is 0 Å². The minimum atomic E-state index is 0.651. The summed E-state index contributed by atoms with van der Waals surface area (Å²) < 4.78 is 5.34. The van der Waals surface area contributed by atoms with Crippen LogP contribution in [-0.2, 0) is 4.74 Å². The molecular formula is C16H22O. The zero-order valence-electron chi connectivity index (χ0n) is 11.1. The summed E-state index contributed by atoms with van der Waals surface area (Å²) in [5.74, 6) is 0.781. The predicted octanol–water partition coefficient (Wildman–Crippen LogP) is 4.73. The van der Waals surface area contributed by atoms with Gasteiger partial charge in [0, 0.05) is 0 Å². The van der Waals surface area contributed by atoms with E-state index in [2.05, 4.69) is 13.2 Å². The molecule has 0 bridgehead atoms. The van der Waals surface area contributed by atoms with Crippen molar-refractivity contribution < 1.29 is 4.74 Å². The Morgan fingerprint density at radius 3 is 2.41 bits per heavy atom. The van der Waals surface area contributed by atoms with Crippen molar-refractivity contribution in [3.63, 3.8) is 0 Å². The van der Waals surface area contributed by atoms with Gasteiger partial charge in [0.05, 0.1) is 6.61 Å². The molecule has 1 nitrogen and oxygen atoms in total. The highest BCUT2D eigenvalue weighted by Crippen LogP contribution is 2.04. The van der Waals surface area contributed by atoms with E-state index in [0.29, 0.717) is 6.61 Å². The lowest BCUT2D eigenvalue weighted by Gasteiger charge is -2.00. The van der Waals surface area contributed by atoms with Gasteiger partial charge in [0.1, 0.15) is 5.76 Å². The van der Waals surface area contributed by atoms with Crippen molar-refractivity contribution in [1.82, 2.24) is 0 Å². The zero-order valence-corrected chi connectivity index (χ0v) is 11.1. The quantitative estimate of drug-likeness (QED) is 0.454. The topological polar surface area (TPSA) is 9.23 Å². The van der Waals surface area contributed by atoms with Crippen LogP contribution in [0.15, 0.2) is 72.6 Å². The Kier molecular flexibility index (Phi) is 8.48. The van der Waals surface area contributed by atoms with Crippen molar-refractivity contribution in [2.75, 3.05) is 6.61 Å². The van der Waals surface area contributed by atoms with Crippen LogP contribution in [0, 0.1) is 0 Å². The lowest BCUT2D eigenvalue weighted by atomic mass is 10.2. The molecule has 0 aromatic carbocycles. The van der Waals surface area contributed by atoms with Crippen LogP contribution in [-0.4, -0.2) is 6.61 Å². The number of allylic oxidation sites excluding steroid dienone is 9. The lowest BCUT2D eigenvalue weighted by Crippen LogP contribution is -1.86. The SMILES string of the molecule is C=C\C(=C/C=C/C(/C=C\C(=C)C)=C/C)OCC. The summed E-state index contributed by atoms with van der Waals surface area (Å²) >= 11 is 0. The average molecular weight is 230 g/mol. The van der Waals surface area contributed by atoms with Crippen molar-refractivity contribution in [2.24, 2.45) is 0 Å². The first-order valence-electron chi connectivity index (χ1n) is 5.77. The van der Waals surface area contributed by atoms with E-state index < -0.39 is 0 Å². The van der Waals surface area contributed by atoms with E-state index in [1.807, 2.05) is 57.2 Å². The maximum absolute atomic E-state index is 5.34. The van der Waals surface area contributed by atoms with Crippen LogP contribution in [0.1, 0.15) is 20.8 Å². The molecule has 0 aromatic heterocycles. The third-order valence-electron chi connectivity index (χ3n) is 1.95. The first-order chi connectivity index (χ1) is 8.13. The molecule has 1 heteroatoms. The molecule has 0 spiro atoms. The molecule has 0 rings (SSSR count). The van der Waals surface area contributed by atoms with Crippen LogP contribution in [0.3, 0.4) is 0 Å². The van der Waals surface area contributed by atoms with Crippen molar-refractivity contribution in [1.29, 1.82) is 0 Å². The van der Waals surface area contributed by atoms with Gasteiger partial charge in [0.2, 0.25) is 0 Å². The van der Waals surface area contributed by atoms with Crippen LogP contribution < -0.4 is 0 Å². The van der Waals surface area contributed by atoms with Crippen molar-refractivity contribution in [3.8, 4) is 0 Å². The fourth-order valence-corrected chi connectivity index (χ4v) is 1.08. The standard InChI is InChI=1S/C16H22O/c1-6-15(13-12-14(4)5)10-9-11-16(7-2)17-8-3/h6-7,9-13H,2,4,8H2,1,3,5H3/b10-9+,13-12-,15-6-,16-11+. The van der Waals surface area contributed by atoms with Gasteiger partial charge in [-0.1, -0.05) is 49.1 Å². The van der Waals surface area contributed by atoms with E-state index >= 15 is 0 Å². The lowest BCUT2D eigenvalue weighted by molar-refractivity contribution is 0.243. The molecular weight excluding hydrogens is 208 g/mol. The van der Waals surface area contributed by atoms with E-state index in [9.17, 15) is 0 Å². The van der Waals surface area contributed by atoms with Crippen LogP contribution in [0.5, 0.6) is 0 Å². The molecule has 0 N–H and O–H groups in total. The van der Waals surface area contributed by atoms with Crippen LogP contribution >= 0.6 is 0 Å². The number of ether oxygens (including phenoxy) is 1. The van der Waals surface area contributed by atoms with E-state index in [0.717, 1.165) is 16.9 Å². The second-order valence-electron chi connectivity index (χ2n) is 3.53. The zero-order chi connectivity index (χ0) is 13.1. The van der Waals surface area contributed by atoms with Gasteiger partial charge in [0.15, 0.2) is 0 Å². The Bertz CT molecular complexity index is 365. The summed E-state index contributed by atoms with van der Waals surface area (Å²) in [6.07, 6.45) is 13.6. The minimum absolute atomic E-state index is 0.651. The van der Waals surface area contributed by atoms with Gasteiger partial charge in [-0.25, -0.2) is 0 Å². The number of hydrogen-bond acceptors (Lipinski definition) is 1. The average Bonchev–Trinajstić information content (AvgIpc) is 2.31. The first-order valence-corrected chi connectivity index (χ1v) is 5.77. The fourth-order valence-electron chi connectivity index (χ4n) is 1.08. The smallest absolute Gasteiger partial charge is 0.118 e. The van der Waals surface area contributed by atoms with Crippen LogP contribution in [0.4, 0.5) is 0 Å². The summed E-state index contributed by atoms with van der Waals surface area (Å²) in [4.78, 5) is 0. The maximum atomic E-state index is 5.34. The third kappa shape index (κ3) is 8.09. The van der Waals surface area contributed by atoms with Gasteiger partial charge in [-0.2, -0.15) is 0 Å². The Hall–Kier alpha value is -1.76. The van der Waals surface area contributed by atoms with Gasteiger partial charge in [0.25, 0.3) is 0 Å². The Balaban J connectivity index is 4.58. The summed E-state index contributed by atoms with van der Waals surface area (Å²) in [5.41, 5.74) is 2.17. The molecule has 0 saturated heterocycles. The molecule has 0 radical (unpaired) electrons. The molecule has 0 aliphatic heterocycles. The van der Waals surface area contributed by atoms with Crippen molar-refractivity contribution >= 4 is 0 Å². The van der Waals surface area contributed by atoms with Gasteiger partial charge in [-0.15, -0.1) is 0 Å². The molecule has 0 aliphatic rings. The summed E-state index contributed by atoms with van der Waals surface area (Å²) in [7, 11) is 0. The van der Waals surface area contributed by atoms with Gasteiger partial charge in [-0.3, -0.25) is 0 Å². The second-order valence-corrected chi connectivity index (χ2v) is 3.53. The van der Waals surface area contributed by atoms with E-state index in [1.54, 1.807) is 6.08 Å². The second kappa shape index (κ2) is 9.46. The first kappa shape index (κ1) is 15.2. The van der Waals surface area contributed by atoms with Gasteiger partial charge >= 0.3 is 0 Å². The highest BCUT2D eigenvalue weighted by molar-refractivity contribution is 5.35. The Morgan fingerprint density at radius 1 is 1.24 bits per heavy atom. The molecule has 0 aliphatic carbocycles. The molecule has 0 atom stereocenters. The van der Waals surface area contributed by atoms with Gasteiger partial charge in [-0.05, 0) is 38.5 Å². The fraction of sp³-hybridized carbons (Fsp3) is 0.250. The molecule has 0 aromatic rings. The molecule has 0 saturated carbocycles. The Labute approximate surface area is 105 Å². The van der Waals surface area contributed by atoms with Crippen LogP contribution in [0.2, 0.25) is 0 Å². The molecule has 92 valence electrons. The molecule has 0 heterocycles. The van der Waals surface area contributed by atoms with E-state index in [1.165, 1.54) is 0 Å². The third-order valence-corrected chi connectivity index (χ3v) is 1.95. The largest absolute Gasteiger partial charge is 0.494 e. The summed E-state index contributed by atoms with van der Waals surface area (Å²) in [6.45, 7) is 14.1. The van der Waals surface area contributed by atoms with E-state index in [-0.39, 0.29) is 0 Å². The van der Waals surface area contributed by atoms with Crippen molar-refractivity contribution in [3.05, 3.63) is 72.6 Å². The molecule has 17 heavy (non-hydrogen) atoms. The summed E-state index contributed by atoms with van der Waals surface area (Å²) in [6, 6.07) is 0. The Morgan fingerprint density at radius 2 is 1.94 bits per heavy atom. The highest BCUT2D eigenvalue weighted by atomic mass is 16.5. The highest BCUT2D eigenvalue weighted by Gasteiger charge is 1.87. The minimum Gasteiger partial charge on any atom is -0.494 e. The predicted molar refractivity (Wildman–Crippen MR) is 76.8 cm³/mol. The van der Waals surface area contributed by atoms with E-state index in [4.69, 9.17) is 4.74 Å². The van der Waals surface area contributed by atoms with Gasteiger partial charge < -0.3 is 4.74 Å². The molecule has 0 fully saturated rings. The summed E-state index contributed by atoms with van der Waals surface area (Å²) in [5, 5.41) is 0. The molecule has 0 unspecified atom stereocenters. The maximum Gasteiger partial charge on any atom is 0.118 e. The number of rotatable bonds is 7. The normalized spacial score (nSPS) is 13.4. The number of hydrogen-bond donors (Lipinski definition) is 0. The monoisotopic (exact) mass is 230 g/mol. The molecule has 0 amide bonds. The van der Waals surface area contributed by atoms with Crippen molar-refractivity contribution in [2.45, 2.75) is 20.8 Å².